The third-order valence-corrected chi connectivity index (χ3v) is 5.48. The molecule has 0 spiro atoms. The molecule has 0 bridgehead atoms. The summed E-state index contributed by atoms with van der Waals surface area (Å²) in [7, 11) is 1.54. The maximum absolute atomic E-state index is 12.8. The first-order valence-corrected chi connectivity index (χ1v) is 10.5. The third-order valence-electron chi connectivity index (χ3n) is 5.24. The zero-order valence-electron chi connectivity index (χ0n) is 17.5. The molecule has 0 fully saturated rings. The van der Waals surface area contributed by atoms with Gasteiger partial charge in [-0.15, -0.1) is 0 Å². The first-order valence-electron chi connectivity index (χ1n) is 10.1. The van der Waals surface area contributed by atoms with Gasteiger partial charge in [0, 0.05) is 39.6 Å². The van der Waals surface area contributed by atoms with E-state index in [9.17, 15) is 9.59 Å². The van der Waals surface area contributed by atoms with Crippen LogP contribution in [0.4, 0.5) is 0 Å². The van der Waals surface area contributed by atoms with Crippen molar-refractivity contribution < 1.29 is 18.3 Å². The monoisotopic (exact) mass is 460 g/mol. The summed E-state index contributed by atoms with van der Waals surface area (Å²) in [6, 6.07) is 20.7. The highest BCUT2D eigenvalue weighted by Crippen LogP contribution is 2.30. The van der Waals surface area contributed by atoms with E-state index >= 15 is 0 Å². The second-order valence-electron chi connectivity index (χ2n) is 7.41. The Balaban J connectivity index is 1.56. The van der Waals surface area contributed by atoms with Crippen LogP contribution < -0.4 is 20.7 Å². The number of benzene rings is 3. The molecular formula is C26H17ClO6. The van der Waals surface area contributed by atoms with Crippen LogP contribution in [0.5, 0.6) is 11.5 Å². The van der Waals surface area contributed by atoms with Gasteiger partial charge in [-0.3, -0.25) is 0 Å². The predicted molar refractivity (Wildman–Crippen MR) is 126 cm³/mol. The van der Waals surface area contributed by atoms with Gasteiger partial charge in [0.2, 0.25) is 0 Å². The fourth-order valence-electron chi connectivity index (χ4n) is 3.66. The molecule has 3 aromatic carbocycles. The Hall–Kier alpha value is -4.03. The molecule has 0 saturated carbocycles. The van der Waals surface area contributed by atoms with Crippen molar-refractivity contribution in [2.75, 3.05) is 7.11 Å². The maximum atomic E-state index is 12.8. The molecule has 5 rings (SSSR count). The summed E-state index contributed by atoms with van der Waals surface area (Å²) < 4.78 is 21.9. The van der Waals surface area contributed by atoms with Gasteiger partial charge in [0.25, 0.3) is 0 Å². The van der Waals surface area contributed by atoms with E-state index in [2.05, 4.69) is 0 Å². The summed E-state index contributed by atoms with van der Waals surface area (Å²) in [4.78, 5) is 25.1. The summed E-state index contributed by atoms with van der Waals surface area (Å²) in [5, 5.41) is 1.91. The summed E-state index contributed by atoms with van der Waals surface area (Å²) in [5.41, 5.74) is 1.14. The first kappa shape index (κ1) is 20.8. The number of fused-ring (bicyclic) bond motifs is 2. The molecule has 0 aliphatic carbocycles. The van der Waals surface area contributed by atoms with Crippen LogP contribution in [0.2, 0.25) is 5.02 Å². The highest BCUT2D eigenvalue weighted by Gasteiger charge is 2.15. The normalized spacial score (nSPS) is 11.1. The van der Waals surface area contributed by atoms with Crippen LogP contribution in [0.3, 0.4) is 0 Å². The maximum Gasteiger partial charge on any atom is 0.344 e. The molecule has 0 atom stereocenters. The van der Waals surface area contributed by atoms with Crippen LogP contribution in [0.1, 0.15) is 5.56 Å². The molecule has 0 N–H and O–H groups in total. The summed E-state index contributed by atoms with van der Waals surface area (Å²) >= 11 is 6.02. The number of hydrogen-bond donors (Lipinski definition) is 0. The largest absolute Gasteiger partial charge is 0.497 e. The standard InChI is InChI=1S/C26H17ClO6/c1-30-18-6-5-16-10-22(26(29)33-23(16)11-18)21-13-25(28)32-24-12-19(7-8-20(21)24)31-14-15-3-2-4-17(27)9-15/h2-13H,14H2,1H3. The molecule has 0 amide bonds. The van der Waals surface area contributed by atoms with Gasteiger partial charge in [0.05, 0.1) is 12.7 Å². The number of hydrogen-bond acceptors (Lipinski definition) is 6. The molecule has 0 saturated heterocycles. The molecule has 0 aliphatic rings. The third kappa shape index (κ3) is 4.21. The van der Waals surface area contributed by atoms with Crippen molar-refractivity contribution in [1.82, 2.24) is 0 Å². The number of methoxy groups -OCH3 is 1. The second-order valence-corrected chi connectivity index (χ2v) is 7.84. The Bertz CT molecular complexity index is 1620. The lowest BCUT2D eigenvalue weighted by Gasteiger charge is -2.10. The van der Waals surface area contributed by atoms with Crippen LogP contribution in [0.15, 0.2) is 91.2 Å². The van der Waals surface area contributed by atoms with Gasteiger partial charge in [-0.25, -0.2) is 9.59 Å². The lowest BCUT2D eigenvalue weighted by atomic mass is 10.0. The number of rotatable bonds is 5. The van der Waals surface area contributed by atoms with Crippen molar-refractivity contribution in [1.29, 1.82) is 0 Å². The van der Waals surface area contributed by atoms with Gasteiger partial charge in [0.1, 0.15) is 29.3 Å². The minimum Gasteiger partial charge on any atom is -0.497 e. The van der Waals surface area contributed by atoms with Crippen molar-refractivity contribution in [3.05, 3.63) is 104 Å². The highest BCUT2D eigenvalue weighted by atomic mass is 35.5. The Morgan fingerprint density at radius 3 is 2.45 bits per heavy atom. The zero-order chi connectivity index (χ0) is 22.9. The Labute approximate surface area is 192 Å². The van der Waals surface area contributed by atoms with Crippen LogP contribution in [0.25, 0.3) is 33.1 Å². The van der Waals surface area contributed by atoms with Gasteiger partial charge in [-0.2, -0.15) is 0 Å². The van der Waals surface area contributed by atoms with E-state index in [1.807, 2.05) is 18.2 Å². The zero-order valence-corrected chi connectivity index (χ0v) is 18.2. The van der Waals surface area contributed by atoms with Gasteiger partial charge in [-0.1, -0.05) is 23.7 Å². The van der Waals surface area contributed by atoms with Crippen LogP contribution in [-0.2, 0) is 6.61 Å². The van der Waals surface area contributed by atoms with E-state index in [-0.39, 0.29) is 5.56 Å². The SMILES string of the molecule is COc1ccc2cc(-c3cc(=O)oc4cc(OCc5cccc(Cl)c5)ccc34)c(=O)oc2c1. The van der Waals surface area contributed by atoms with E-state index in [0.717, 1.165) is 5.56 Å². The van der Waals surface area contributed by atoms with Crippen molar-refractivity contribution >= 4 is 33.5 Å². The van der Waals surface area contributed by atoms with E-state index in [0.29, 0.717) is 50.6 Å². The van der Waals surface area contributed by atoms with Crippen LogP contribution >= 0.6 is 11.6 Å². The second kappa shape index (κ2) is 8.48. The molecule has 33 heavy (non-hydrogen) atoms. The quantitative estimate of drug-likeness (QED) is 0.308. The van der Waals surface area contributed by atoms with Crippen molar-refractivity contribution in [2.45, 2.75) is 6.61 Å². The predicted octanol–water partition coefficient (Wildman–Crippen LogP) is 5.81. The molecular weight excluding hydrogens is 444 g/mol. The van der Waals surface area contributed by atoms with E-state index in [1.165, 1.54) is 13.2 Å². The lowest BCUT2D eigenvalue weighted by Crippen LogP contribution is -2.06. The topological polar surface area (TPSA) is 78.9 Å². The molecule has 0 aliphatic heterocycles. The summed E-state index contributed by atoms with van der Waals surface area (Å²) in [6.07, 6.45) is 0. The molecule has 0 unspecified atom stereocenters. The van der Waals surface area contributed by atoms with Crippen LogP contribution in [-0.4, -0.2) is 7.11 Å². The molecule has 7 heteroatoms. The molecule has 164 valence electrons. The minimum absolute atomic E-state index is 0.262. The Morgan fingerprint density at radius 2 is 1.64 bits per heavy atom. The number of halogens is 1. The average molecular weight is 461 g/mol. The van der Waals surface area contributed by atoms with E-state index < -0.39 is 11.3 Å². The molecule has 5 aromatic rings. The van der Waals surface area contributed by atoms with Crippen molar-refractivity contribution in [2.24, 2.45) is 0 Å². The van der Waals surface area contributed by atoms with Crippen molar-refractivity contribution in [3.8, 4) is 22.6 Å². The Morgan fingerprint density at radius 1 is 0.818 bits per heavy atom. The van der Waals surface area contributed by atoms with Gasteiger partial charge in [0.15, 0.2) is 0 Å². The first-order chi connectivity index (χ1) is 16.0. The highest BCUT2D eigenvalue weighted by molar-refractivity contribution is 6.30. The molecule has 2 aromatic heterocycles. The van der Waals surface area contributed by atoms with Gasteiger partial charge >= 0.3 is 11.3 Å². The molecule has 6 nitrogen and oxygen atoms in total. The molecule has 2 heterocycles. The lowest BCUT2D eigenvalue weighted by molar-refractivity contribution is 0.306. The number of ether oxygens (including phenoxy) is 2. The average Bonchev–Trinajstić information content (AvgIpc) is 2.81. The van der Waals surface area contributed by atoms with Crippen molar-refractivity contribution in [3.63, 3.8) is 0 Å². The smallest absolute Gasteiger partial charge is 0.344 e. The fraction of sp³-hybridized carbons (Fsp3) is 0.0769. The van der Waals surface area contributed by atoms with E-state index in [1.54, 1.807) is 48.5 Å². The van der Waals surface area contributed by atoms with E-state index in [4.69, 9.17) is 29.9 Å². The summed E-state index contributed by atoms with van der Waals surface area (Å²) in [5.74, 6) is 1.09. The van der Waals surface area contributed by atoms with Crippen LogP contribution in [0, 0.1) is 0 Å². The Kier molecular flexibility index (Phi) is 5.36. The summed E-state index contributed by atoms with van der Waals surface area (Å²) in [6.45, 7) is 0.299. The van der Waals surface area contributed by atoms with Gasteiger partial charge in [-0.05, 0) is 48.0 Å². The molecule has 0 radical (unpaired) electrons. The fourth-order valence-corrected chi connectivity index (χ4v) is 3.87. The minimum atomic E-state index is -0.585. The van der Waals surface area contributed by atoms with Gasteiger partial charge < -0.3 is 18.3 Å².